The van der Waals surface area contributed by atoms with Crippen LogP contribution in [0.1, 0.15) is 66.2 Å². The smallest absolute Gasteiger partial charge is 0.408 e. The Labute approximate surface area is 324 Å². The Bertz CT molecular complexity index is 1990. The van der Waals surface area contributed by atoms with E-state index < -0.39 is 53.5 Å². The minimum atomic E-state index is -1.38. The molecule has 1 saturated heterocycles. The number of carbonyl (C=O) groups is 4. The zero-order chi connectivity index (χ0) is 39.4. The van der Waals surface area contributed by atoms with Gasteiger partial charge >= 0.3 is 6.09 Å². The quantitative estimate of drug-likeness (QED) is 0.0933. The first-order valence-corrected chi connectivity index (χ1v) is 19.6. The lowest BCUT2D eigenvalue weighted by atomic mass is 9.96. The summed E-state index contributed by atoms with van der Waals surface area (Å²) in [7, 11) is 1.57. The summed E-state index contributed by atoms with van der Waals surface area (Å²) < 4.78 is 17.7. The van der Waals surface area contributed by atoms with Crippen molar-refractivity contribution in [2.24, 2.45) is 11.8 Å². The number of ether oxygens (including phenoxy) is 3. The van der Waals surface area contributed by atoms with Gasteiger partial charge in [-0.25, -0.2) is 14.8 Å². The van der Waals surface area contributed by atoms with Crippen LogP contribution < -0.4 is 30.7 Å². The molecule has 3 aromatic rings. The van der Waals surface area contributed by atoms with Gasteiger partial charge in [0.25, 0.3) is 5.91 Å². The maximum Gasteiger partial charge on any atom is 0.408 e. The van der Waals surface area contributed by atoms with Crippen molar-refractivity contribution in [2.45, 2.75) is 102 Å². The predicted octanol–water partition coefficient (Wildman–Crippen LogP) is 4.89. The van der Waals surface area contributed by atoms with Crippen LogP contribution >= 0.6 is 11.3 Å². The predicted molar refractivity (Wildman–Crippen MR) is 206 cm³/mol. The number of anilines is 1. The lowest BCUT2D eigenvalue weighted by molar-refractivity contribution is -0.142. The van der Waals surface area contributed by atoms with Gasteiger partial charge in [0.05, 0.1) is 24.9 Å². The van der Waals surface area contributed by atoms with E-state index in [1.165, 1.54) is 16.2 Å². The summed E-state index contributed by atoms with van der Waals surface area (Å²) in [5.74, 6) is -1.36. The maximum atomic E-state index is 14.5. The van der Waals surface area contributed by atoms with Gasteiger partial charge in [-0.1, -0.05) is 26.3 Å². The van der Waals surface area contributed by atoms with Crippen molar-refractivity contribution in [3.8, 4) is 29.1 Å². The Kier molecular flexibility index (Phi) is 11.8. The third-order valence-electron chi connectivity index (χ3n) is 10.6. The molecule has 55 heavy (non-hydrogen) atoms. The number of likely N-dealkylation sites (tertiary alicyclic amines) is 1. The highest BCUT2D eigenvalue weighted by Gasteiger charge is 2.61. The molecule has 292 valence electrons. The van der Waals surface area contributed by atoms with Crippen LogP contribution in [0.2, 0.25) is 0 Å². The first kappa shape index (κ1) is 39.3. The molecule has 2 aromatic heterocycles. The molecule has 1 aliphatic heterocycles. The third-order valence-corrected chi connectivity index (χ3v) is 11.4. The molecule has 0 radical (unpaired) electrons. The van der Waals surface area contributed by atoms with E-state index in [0.29, 0.717) is 40.2 Å². The first-order chi connectivity index (χ1) is 26.4. The van der Waals surface area contributed by atoms with Crippen LogP contribution in [-0.4, -0.2) is 88.2 Å². The maximum absolute atomic E-state index is 14.5. The second-order valence-electron chi connectivity index (χ2n) is 14.7. The Balaban J connectivity index is 1.33. The summed E-state index contributed by atoms with van der Waals surface area (Å²) >= 11 is 1.46. The van der Waals surface area contributed by atoms with Gasteiger partial charge in [0.1, 0.15) is 47.0 Å². The minimum Gasteiger partial charge on any atom is -0.497 e. The van der Waals surface area contributed by atoms with Gasteiger partial charge in [0.15, 0.2) is 11.3 Å². The summed E-state index contributed by atoms with van der Waals surface area (Å²) in [6, 6.07) is 5.34. The molecular weight excluding hydrogens is 725 g/mol. The number of nitrogens with one attached hydrogen (secondary N) is 4. The zero-order valence-electron chi connectivity index (χ0n) is 31.7. The fourth-order valence-electron chi connectivity index (χ4n) is 6.95. The number of carbonyl (C=O) groups excluding carboxylic acids is 4. The van der Waals surface area contributed by atoms with Crippen molar-refractivity contribution in [1.82, 2.24) is 30.8 Å². The molecule has 3 heterocycles. The fraction of sp³-hybridized carbons (Fsp3) is 0.513. The number of nitriles is 1. The number of alkyl carbamates (subject to hydrolysis) is 1. The second-order valence-corrected chi connectivity index (χ2v) is 15.6. The number of fused-ring (bicyclic) bond motifs is 1. The lowest BCUT2D eigenvalue weighted by Crippen LogP contribution is -2.58. The van der Waals surface area contributed by atoms with Crippen LogP contribution in [0.15, 0.2) is 42.3 Å². The van der Waals surface area contributed by atoms with Crippen LogP contribution in [0.4, 0.5) is 9.93 Å². The average molecular weight is 773 g/mol. The van der Waals surface area contributed by atoms with E-state index in [0.717, 1.165) is 24.4 Å². The molecule has 2 saturated carbocycles. The van der Waals surface area contributed by atoms with Gasteiger partial charge in [-0.15, -0.1) is 17.9 Å². The van der Waals surface area contributed by atoms with Crippen LogP contribution in [0, 0.1) is 23.3 Å². The number of pyridine rings is 1. The van der Waals surface area contributed by atoms with Gasteiger partial charge in [0.2, 0.25) is 11.8 Å². The molecule has 15 nitrogen and oxygen atoms in total. The summed E-state index contributed by atoms with van der Waals surface area (Å²) in [6.07, 6.45) is 5.03. The molecule has 4 amide bonds. The number of aromatic nitrogens is 2. The molecule has 16 heteroatoms. The normalized spacial score (nSPS) is 22.8. The lowest BCUT2D eigenvalue weighted by Gasteiger charge is -2.32. The minimum absolute atomic E-state index is 0.0000519. The monoisotopic (exact) mass is 772 g/mol. The molecule has 1 aromatic carbocycles. The Morgan fingerprint density at radius 1 is 1.15 bits per heavy atom. The van der Waals surface area contributed by atoms with Gasteiger partial charge in [-0.2, -0.15) is 5.26 Å². The highest BCUT2D eigenvalue weighted by Crippen LogP contribution is 2.45. The van der Waals surface area contributed by atoms with Crippen molar-refractivity contribution in [3.05, 3.63) is 42.3 Å². The molecule has 6 rings (SSSR count). The highest BCUT2D eigenvalue weighted by atomic mass is 32.1. The molecule has 0 bridgehead atoms. The molecule has 2 aliphatic carbocycles. The number of benzene rings is 1. The van der Waals surface area contributed by atoms with Crippen molar-refractivity contribution in [2.75, 3.05) is 19.0 Å². The van der Waals surface area contributed by atoms with E-state index in [1.54, 1.807) is 37.6 Å². The highest BCUT2D eigenvalue weighted by molar-refractivity contribution is 7.14. The standard InChI is InChI=1S/C39H48N8O7S/c1-7-22(5)33(45-38(51)54-24-10-9-11-24)35(49)47-18-26(15-31(47)34(48)46-39(17-23(39)8-2)36(50)41-20-40)53-32-16-29(30-19-55-37(44-30)42-21(3)4)43-28-14-25(52-6)12-13-27(28)32/h8,12-14,16,19,21-24,26,31,33H,2,7,9-11,15,17-18H2,1,3-6H3,(H,41,50)(H,42,44)(H,45,51)(H,46,48)/t22?,23?,26-,31+,33-,39-/m1/s1. The van der Waals surface area contributed by atoms with Crippen LogP contribution in [0.25, 0.3) is 22.3 Å². The summed E-state index contributed by atoms with van der Waals surface area (Å²) in [5.41, 5.74) is 0.417. The first-order valence-electron chi connectivity index (χ1n) is 18.7. The molecule has 0 spiro atoms. The number of nitrogens with zero attached hydrogens (tertiary/aromatic N) is 4. The van der Waals surface area contributed by atoms with E-state index in [4.69, 9.17) is 24.2 Å². The number of amides is 4. The van der Waals surface area contributed by atoms with Gasteiger partial charge in [0, 0.05) is 41.3 Å². The second kappa shape index (κ2) is 16.5. The molecule has 6 atom stereocenters. The number of methoxy groups -OCH3 is 1. The van der Waals surface area contributed by atoms with Gasteiger partial charge in [-0.05, 0) is 57.6 Å². The van der Waals surface area contributed by atoms with Crippen molar-refractivity contribution < 1.29 is 33.4 Å². The Morgan fingerprint density at radius 3 is 2.56 bits per heavy atom. The SMILES string of the molecule is C=CC1C[C@]1(NC(=O)[C@@H]1C[C@@H](Oc2cc(-c3csc(NC(C)C)n3)nc3cc(OC)ccc23)CN1C(=O)[C@H](NC(=O)OC1CCC1)C(C)CC)C(=O)NC#N. The number of rotatable bonds is 15. The number of thiazole rings is 1. The van der Waals surface area contributed by atoms with E-state index in [-0.39, 0.29) is 37.5 Å². The summed E-state index contributed by atoms with van der Waals surface area (Å²) in [5, 5.41) is 23.6. The summed E-state index contributed by atoms with van der Waals surface area (Å²) in [4.78, 5) is 65.8. The molecule has 2 unspecified atom stereocenters. The van der Waals surface area contributed by atoms with E-state index >= 15 is 0 Å². The van der Waals surface area contributed by atoms with Crippen LogP contribution in [0.5, 0.6) is 11.5 Å². The molecular formula is C39H48N8O7S. The van der Waals surface area contributed by atoms with E-state index in [1.807, 2.05) is 39.1 Å². The molecule has 4 N–H and O–H groups in total. The molecule has 3 aliphatic rings. The Morgan fingerprint density at radius 2 is 1.93 bits per heavy atom. The molecule has 3 fully saturated rings. The van der Waals surface area contributed by atoms with E-state index in [9.17, 15) is 24.4 Å². The number of hydrogen-bond donors (Lipinski definition) is 4. The number of hydrogen-bond acceptors (Lipinski definition) is 12. The average Bonchev–Trinajstić information content (AvgIpc) is 3.42. The topological polar surface area (TPSA) is 197 Å². The Hall–Kier alpha value is -5.43. The fourth-order valence-corrected chi connectivity index (χ4v) is 7.80. The van der Waals surface area contributed by atoms with Crippen molar-refractivity contribution >= 4 is 51.2 Å². The van der Waals surface area contributed by atoms with Gasteiger partial charge in [-0.3, -0.25) is 19.7 Å². The largest absolute Gasteiger partial charge is 0.497 e. The van der Waals surface area contributed by atoms with Crippen molar-refractivity contribution in [1.29, 1.82) is 5.26 Å². The van der Waals surface area contributed by atoms with Crippen LogP contribution in [0.3, 0.4) is 0 Å². The third kappa shape index (κ3) is 8.46. The van der Waals surface area contributed by atoms with Crippen molar-refractivity contribution in [3.63, 3.8) is 0 Å². The summed E-state index contributed by atoms with van der Waals surface area (Å²) in [6.45, 7) is 11.6. The van der Waals surface area contributed by atoms with E-state index in [2.05, 4.69) is 27.8 Å². The zero-order valence-corrected chi connectivity index (χ0v) is 32.5. The van der Waals surface area contributed by atoms with Gasteiger partial charge < -0.3 is 35.1 Å². The van der Waals surface area contributed by atoms with Crippen LogP contribution in [-0.2, 0) is 19.1 Å².